The molecule has 0 unspecified atom stereocenters. The van der Waals surface area contributed by atoms with Crippen molar-refractivity contribution < 1.29 is 4.79 Å². The Labute approximate surface area is 181 Å². The Hall–Kier alpha value is -3.12. The third-order valence-electron chi connectivity index (χ3n) is 4.98. The molecule has 154 valence electrons. The van der Waals surface area contributed by atoms with Gasteiger partial charge in [0.25, 0.3) is 0 Å². The minimum absolute atomic E-state index is 0.106. The smallest absolute Gasteiger partial charge is 0.228 e. The van der Waals surface area contributed by atoms with Gasteiger partial charge in [0, 0.05) is 41.2 Å². The van der Waals surface area contributed by atoms with E-state index in [9.17, 15) is 4.79 Å². The molecule has 1 aliphatic heterocycles. The Morgan fingerprint density at radius 2 is 1.73 bits per heavy atom. The highest BCUT2D eigenvalue weighted by Crippen LogP contribution is 2.22. The molecule has 2 aromatic carbocycles. The molecule has 0 saturated carbocycles. The molecule has 6 nitrogen and oxygen atoms in total. The van der Waals surface area contributed by atoms with Crippen LogP contribution < -0.4 is 15.5 Å². The Kier molecular flexibility index (Phi) is 6.14. The summed E-state index contributed by atoms with van der Waals surface area (Å²) in [7, 11) is 0. The van der Waals surface area contributed by atoms with E-state index in [-0.39, 0.29) is 12.3 Å². The molecule has 1 saturated heterocycles. The van der Waals surface area contributed by atoms with Gasteiger partial charge in [-0.15, -0.1) is 0 Å². The van der Waals surface area contributed by atoms with Gasteiger partial charge in [-0.3, -0.25) is 4.79 Å². The van der Waals surface area contributed by atoms with Crippen molar-refractivity contribution >= 4 is 40.6 Å². The number of halogens is 1. The number of amides is 1. The van der Waals surface area contributed by atoms with Crippen LogP contribution in [0.25, 0.3) is 0 Å². The lowest BCUT2D eigenvalue weighted by atomic mass is 10.1. The van der Waals surface area contributed by atoms with Crippen LogP contribution in [0.3, 0.4) is 0 Å². The van der Waals surface area contributed by atoms with Crippen molar-refractivity contribution in [3.63, 3.8) is 0 Å². The van der Waals surface area contributed by atoms with Crippen LogP contribution in [0.4, 0.5) is 23.1 Å². The molecule has 0 bridgehead atoms. The SMILES string of the molecule is Cc1cc(Nc2ccc(NC(=O)Cc3ccccc3Cl)cc2)nc(N2CCCC2)n1. The number of nitrogens with zero attached hydrogens (tertiary/aromatic N) is 3. The molecule has 2 N–H and O–H groups in total. The highest BCUT2D eigenvalue weighted by atomic mass is 35.5. The molecule has 7 heteroatoms. The van der Waals surface area contributed by atoms with E-state index >= 15 is 0 Å². The van der Waals surface area contributed by atoms with Gasteiger partial charge in [0.05, 0.1) is 6.42 Å². The van der Waals surface area contributed by atoms with Crippen LogP contribution in [0.15, 0.2) is 54.6 Å². The maximum absolute atomic E-state index is 12.3. The van der Waals surface area contributed by atoms with Crippen molar-refractivity contribution in [2.24, 2.45) is 0 Å². The average Bonchev–Trinajstić information content (AvgIpc) is 3.26. The van der Waals surface area contributed by atoms with Gasteiger partial charge in [0.1, 0.15) is 5.82 Å². The monoisotopic (exact) mass is 421 g/mol. The molecule has 1 fully saturated rings. The first-order valence-electron chi connectivity index (χ1n) is 10.1. The lowest BCUT2D eigenvalue weighted by Crippen LogP contribution is -2.21. The number of carbonyl (C=O) groups excluding carboxylic acids is 1. The van der Waals surface area contributed by atoms with Gasteiger partial charge < -0.3 is 15.5 Å². The predicted molar refractivity (Wildman–Crippen MR) is 122 cm³/mol. The van der Waals surface area contributed by atoms with Crippen LogP contribution in [0.1, 0.15) is 24.1 Å². The number of aryl methyl sites for hydroxylation is 1. The van der Waals surface area contributed by atoms with Crippen LogP contribution in [0.5, 0.6) is 0 Å². The van der Waals surface area contributed by atoms with Gasteiger partial charge in [-0.2, -0.15) is 4.98 Å². The summed E-state index contributed by atoms with van der Waals surface area (Å²) in [6.45, 7) is 3.99. The van der Waals surface area contributed by atoms with Gasteiger partial charge in [0.2, 0.25) is 11.9 Å². The van der Waals surface area contributed by atoms with E-state index in [2.05, 4.69) is 25.5 Å². The quantitative estimate of drug-likeness (QED) is 0.588. The number of nitrogens with one attached hydrogen (secondary N) is 2. The van der Waals surface area contributed by atoms with E-state index in [1.54, 1.807) is 6.07 Å². The second-order valence-corrected chi connectivity index (χ2v) is 7.81. The molecule has 1 aliphatic rings. The van der Waals surface area contributed by atoms with Crippen LogP contribution in [-0.4, -0.2) is 29.0 Å². The molecule has 2 heterocycles. The molecule has 0 radical (unpaired) electrons. The summed E-state index contributed by atoms with van der Waals surface area (Å²) in [4.78, 5) is 23.7. The lowest BCUT2D eigenvalue weighted by molar-refractivity contribution is -0.115. The maximum Gasteiger partial charge on any atom is 0.228 e. The van der Waals surface area contributed by atoms with Crippen molar-refractivity contribution in [1.82, 2.24) is 9.97 Å². The fourth-order valence-corrected chi connectivity index (χ4v) is 3.68. The van der Waals surface area contributed by atoms with Crippen LogP contribution in [0.2, 0.25) is 5.02 Å². The van der Waals surface area contributed by atoms with Crippen molar-refractivity contribution in [2.45, 2.75) is 26.2 Å². The molecule has 0 aliphatic carbocycles. The third kappa shape index (κ3) is 5.07. The van der Waals surface area contributed by atoms with E-state index in [1.165, 1.54) is 12.8 Å². The molecule has 0 spiro atoms. The number of hydrogen-bond acceptors (Lipinski definition) is 5. The first kappa shape index (κ1) is 20.2. The highest BCUT2D eigenvalue weighted by Gasteiger charge is 2.16. The standard InChI is InChI=1S/C23H24ClN5O/c1-16-14-21(28-23(25-16)29-12-4-5-13-29)26-18-8-10-19(11-9-18)27-22(30)15-17-6-2-3-7-20(17)24/h2-3,6-11,14H,4-5,12-13,15H2,1H3,(H,27,30)(H,25,26,28). The lowest BCUT2D eigenvalue weighted by Gasteiger charge is -2.17. The van der Waals surface area contributed by atoms with E-state index in [0.717, 1.165) is 47.5 Å². The van der Waals surface area contributed by atoms with Crippen LogP contribution >= 0.6 is 11.6 Å². The molecule has 3 aromatic rings. The number of benzene rings is 2. The zero-order chi connectivity index (χ0) is 20.9. The summed E-state index contributed by atoms with van der Waals surface area (Å²) >= 11 is 6.13. The van der Waals surface area contributed by atoms with Crippen molar-refractivity contribution in [2.75, 3.05) is 28.6 Å². The predicted octanol–water partition coefficient (Wildman–Crippen LogP) is 4.96. The summed E-state index contributed by atoms with van der Waals surface area (Å²) in [5.74, 6) is 1.43. The van der Waals surface area contributed by atoms with E-state index in [0.29, 0.717) is 5.02 Å². The summed E-state index contributed by atoms with van der Waals surface area (Å²) < 4.78 is 0. The Morgan fingerprint density at radius 3 is 2.47 bits per heavy atom. The fourth-order valence-electron chi connectivity index (χ4n) is 3.48. The largest absolute Gasteiger partial charge is 0.341 e. The number of rotatable bonds is 6. The minimum atomic E-state index is -0.106. The van der Waals surface area contributed by atoms with Crippen molar-refractivity contribution in [1.29, 1.82) is 0 Å². The first-order valence-corrected chi connectivity index (χ1v) is 10.5. The topological polar surface area (TPSA) is 70.2 Å². The van der Waals surface area contributed by atoms with E-state index < -0.39 is 0 Å². The highest BCUT2D eigenvalue weighted by molar-refractivity contribution is 6.31. The van der Waals surface area contributed by atoms with Gasteiger partial charge in [-0.05, 0) is 55.7 Å². The second-order valence-electron chi connectivity index (χ2n) is 7.41. The van der Waals surface area contributed by atoms with Crippen LogP contribution in [-0.2, 0) is 11.2 Å². The molecule has 1 amide bonds. The Balaban J connectivity index is 1.39. The Bertz CT molecular complexity index is 1030. The van der Waals surface area contributed by atoms with Crippen molar-refractivity contribution in [3.05, 3.63) is 70.9 Å². The number of hydrogen-bond donors (Lipinski definition) is 2. The molecule has 0 atom stereocenters. The van der Waals surface area contributed by atoms with E-state index in [4.69, 9.17) is 11.6 Å². The van der Waals surface area contributed by atoms with Gasteiger partial charge in [0.15, 0.2) is 0 Å². The molecule has 30 heavy (non-hydrogen) atoms. The first-order chi connectivity index (χ1) is 14.6. The molecular weight excluding hydrogens is 398 g/mol. The van der Waals surface area contributed by atoms with E-state index in [1.807, 2.05) is 55.5 Å². The normalized spacial score (nSPS) is 13.3. The summed E-state index contributed by atoms with van der Waals surface area (Å²) in [6, 6.07) is 16.9. The summed E-state index contributed by atoms with van der Waals surface area (Å²) in [6.07, 6.45) is 2.60. The fraction of sp³-hybridized carbons (Fsp3) is 0.261. The molecular formula is C23H24ClN5O. The maximum atomic E-state index is 12.3. The summed E-state index contributed by atoms with van der Waals surface area (Å²) in [5, 5.41) is 6.83. The average molecular weight is 422 g/mol. The zero-order valence-electron chi connectivity index (χ0n) is 16.9. The number of anilines is 4. The Morgan fingerprint density at radius 1 is 1.03 bits per heavy atom. The zero-order valence-corrected chi connectivity index (χ0v) is 17.6. The second kappa shape index (κ2) is 9.13. The molecule has 1 aromatic heterocycles. The number of aromatic nitrogens is 2. The van der Waals surface area contributed by atoms with Gasteiger partial charge >= 0.3 is 0 Å². The van der Waals surface area contributed by atoms with Crippen molar-refractivity contribution in [3.8, 4) is 0 Å². The minimum Gasteiger partial charge on any atom is -0.341 e. The van der Waals surface area contributed by atoms with Crippen LogP contribution in [0, 0.1) is 6.92 Å². The van der Waals surface area contributed by atoms with Gasteiger partial charge in [-0.25, -0.2) is 4.98 Å². The molecule has 4 rings (SSSR count). The summed E-state index contributed by atoms with van der Waals surface area (Å²) in [5.41, 5.74) is 3.36. The number of carbonyl (C=O) groups is 1. The van der Waals surface area contributed by atoms with Gasteiger partial charge in [-0.1, -0.05) is 29.8 Å². The third-order valence-corrected chi connectivity index (χ3v) is 5.35.